The summed E-state index contributed by atoms with van der Waals surface area (Å²) in [6.07, 6.45) is 3.69. The van der Waals surface area contributed by atoms with Crippen LogP contribution in [0, 0.1) is 0 Å². The van der Waals surface area contributed by atoms with Crippen molar-refractivity contribution >= 4 is 29.3 Å². The van der Waals surface area contributed by atoms with Crippen LogP contribution in [-0.4, -0.2) is 34.5 Å². The minimum absolute atomic E-state index is 0.230. The van der Waals surface area contributed by atoms with E-state index in [1.807, 2.05) is 17.5 Å². The highest BCUT2D eigenvalue weighted by Crippen LogP contribution is 2.18. The summed E-state index contributed by atoms with van der Waals surface area (Å²) in [6.45, 7) is 0.532. The van der Waals surface area contributed by atoms with Crippen LogP contribution in [0.2, 0.25) is 0 Å². The topological polar surface area (TPSA) is 57.6 Å². The summed E-state index contributed by atoms with van der Waals surface area (Å²) in [6, 6.07) is 3.16. The van der Waals surface area contributed by atoms with Crippen LogP contribution < -0.4 is 0 Å². The highest BCUT2D eigenvalue weighted by molar-refractivity contribution is 7.10. The second kappa shape index (κ2) is 4.49. The Balaban J connectivity index is 1.96. The third kappa shape index (κ3) is 2.14. The number of amides is 1. The van der Waals surface area contributed by atoms with Crippen molar-refractivity contribution in [1.82, 2.24) is 4.90 Å². The summed E-state index contributed by atoms with van der Waals surface area (Å²) in [5.41, 5.74) is 0. The molecule has 1 saturated heterocycles. The average molecular weight is 237 g/mol. The van der Waals surface area contributed by atoms with Crippen molar-refractivity contribution in [3.05, 3.63) is 28.5 Å². The fourth-order valence-corrected chi connectivity index (χ4v) is 2.16. The molecule has 4 nitrogen and oxygen atoms in total. The van der Waals surface area contributed by atoms with Crippen LogP contribution in [-0.2, 0) is 9.59 Å². The van der Waals surface area contributed by atoms with Gasteiger partial charge in [0.2, 0.25) is 5.91 Å². The van der Waals surface area contributed by atoms with Gasteiger partial charge in [-0.3, -0.25) is 4.79 Å². The third-order valence-corrected chi connectivity index (χ3v) is 3.36. The first-order chi connectivity index (χ1) is 7.68. The smallest absolute Gasteiger partial charge is 0.326 e. The number of thiophene rings is 1. The van der Waals surface area contributed by atoms with Crippen molar-refractivity contribution in [3.63, 3.8) is 0 Å². The van der Waals surface area contributed by atoms with Crippen molar-refractivity contribution in [1.29, 1.82) is 0 Å². The summed E-state index contributed by atoms with van der Waals surface area (Å²) in [5, 5.41) is 10.7. The number of likely N-dealkylation sites (tertiary alicyclic amines) is 1. The average Bonchev–Trinajstić information content (AvgIpc) is 2.64. The second-order valence-electron chi connectivity index (χ2n) is 3.52. The normalized spacial score (nSPS) is 19.8. The van der Waals surface area contributed by atoms with E-state index in [1.54, 1.807) is 6.08 Å². The molecular formula is C11H11NO3S. The molecule has 1 fully saturated rings. The van der Waals surface area contributed by atoms with Crippen molar-refractivity contribution in [2.45, 2.75) is 12.5 Å². The zero-order valence-electron chi connectivity index (χ0n) is 8.50. The highest BCUT2D eigenvalue weighted by Gasteiger charge is 2.36. The molecule has 0 bridgehead atoms. The largest absolute Gasteiger partial charge is 0.480 e. The number of hydrogen-bond acceptors (Lipinski definition) is 3. The first-order valence-electron chi connectivity index (χ1n) is 4.93. The maximum absolute atomic E-state index is 11.6. The number of carbonyl (C=O) groups is 2. The number of nitrogens with zero attached hydrogens (tertiary/aromatic N) is 1. The van der Waals surface area contributed by atoms with Gasteiger partial charge in [0, 0.05) is 17.5 Å². The van der Waals surface area contributed by atoms with Gasteiger partial charge in [-0.25, -0.2) is 4.79 Å². The van der Waals surface area contributed by atoms with Gasteiger partial charge in [0.05, 0.1) is 0 Å². The Hall–Kier alpha value is -1.62. The van der Waals surface area contributed by atoms with E-state index in [2.05, 4.69) is 0 Å². The van der Waals surface area contributed by atoms with Crippen molar-refractivity contribution in [2.24, 2.45) is 0 Å². The van der Waals surface area contributed by atoms with E-state index in [9.17, 15) is 9.59 Å². The molecule has 84 valence electrons. The molecule has 0 saturated carbocycles. The van der Waals surface area contributed by atoms with E-state index in [1.165, 1.54) is 22.3 Å². The molecule has 1 aromatic rings. The lowest BCUT2D eigenvalue weighted by atomic mass is 10.0. The van der Waals surface area contributed by atoms with Crippen LogP contribution in [0.3, 0.4) is 0 Å². The Bertz CT molecular complexity index is 424. The molecular weight excluding hydrogens is 226 g/mol. The van der Waals surface area contributed by atoms with Crippen molar-refractivity contribution in [3.8, 4) is 0 Å². The molecule has 1 aliphatic rings. The predicted molar refractivity (Wildman–Crippen MR) is 61.1 cm³/mol. The molecule has 0 aromatic carbocycles. The van der Waals surface area contributed by atoms with Gasteiger partial charge >= 0.3 is 5.97 Å². The zero-order valence-corrected chi connectivity index (χ0v) is 9.31. The van der Waals surface area contributed by atoms with Crippen LogP contribution in [0.1, 0.15) is 11.3 Å². The number of rotatable bonds is 3. The van der Waals surface area contributed by atoms with E-state index < -0.39 is 12.0 Å². The maximum Gasteiger partial charge on any atom is 0.326 e. The quantitative estimate of drug-likeness (QED) is 0.809. The number of carboxylic acids is 1. The lowest BCUT2D eigenvalue weighted by molar-refractivity contribution is -0.154. The van der Waals surface area contributed by atoms with Crippen LogP contribution in [0.5, 0.6) is 0 Å². The number of carbonyl (C=O) groups excluding carboxylic acids is 1. The van der Waals surface area contributed by atoms with Gasteiger partial charge in [-0.15, -0.1) is 11.3 Å². The van der Waals surface area contributed by atoms with Gasteiger partial charge in [0.1, 0.15) is 6.04 Å². The molecule has 1 aliphatic heterocycles. The monoisotopic (exact) mass is 237 g/mol. The van der Waals surface area contributed by atoms with Gasteiger partial charge < -0.3 is 10.0 Å². The number of aliphatic carboxylic acids is 1. The summed E-state index contributed by atoms with van der Waals surface area (Å²) < 4.78 is 0. The molecule has 16 heavy (non-hydrogen) atoms. The van der Waals surface area contributed by atoms with Gasteiger partial charge in [-0.2, -0.15) is 0 Å². The Morgan fingerprint density at radius 2 is 2.38 bits per heavy atom. The lowest BCUT2D eigenvalue weighted by Crippen LogP contribution is -2.54. The predicted octanol–water partition coefficient (Wildman–Crippen LogP) is 1.45. The molecule has 1 atom stereocenters. The van der Waals surface area contributed by atoms with Crippen LogP contribution in [0.15, 0.2) is 23.6 Å². The lowest BCUT2D eigenvalue weighted by Gasteiger charge is -2.37. The van der Waals surface area contributed by atoms with E-state index in [0.717, 1.165) is 4.88 Å². The fourth-order valence-electron chi connectivity index (χ4n) is 1.54. The molecule has 2 heterocycles. The second-order valence-corrected chi connectivity index (χ2v) is 4.50. The summed E-state index contributed by atoms with van der Waals surface area (Å²) in [5.74, 6) is -1.16. The van der Waals surface area contributed by atoms with Gasteiger partial charge in [-0.05, 0) is 23.9 Å². The summed E-state index contributed by atoms with van der Waals surface area (Å²) in [7, 11) is 0. The Kier molecular flexibility index (Phi) is 3.05. The van der Waals surface area contributed by atoms with E-state index >= 15 is 0 Å². The molecule has 0 unspecified atom stereocenters. The van der Waals surface area contributed by atoms with Crippen LogP contribution in [0.4, 0.5) is 0 Å². The molecule has 1 aromatic heterocycles. The Labute approximate surface area is 96.8 Å². The summed E-state index contributed by atoms with van der Waals surface area (Å²) in [4.78, 5) is 24.7. The minimum Gasteiger partial charge on any atom is -0.480 e. The van der Waals surface area contributed by atoms with E-state index in [0.29, 0.717) is 13.0 Å². The first-order valence-corrected chi connectivity index (χ1v) is 5.81. The number of hydrogen-bond donors (Lipinski definition) is 1. The van der Waals surface area contributed by atoms with Gasteiger partial charge in [-0.1, -0.05) is 6.07 Å². The van der Waals surface area contributed by atoms with Crippen LogP contribution in [0.25, 0.3) is 6.08 Å². The van der Waals surface area contributed by atoms with Crippen molar-refractivity contribution in [2.75, 3.05) is 6.54 Å². The molecule has 1 N–H and O–H groups in total. The third-order valence-electron chi connectivity index (χ3n) is 2.52. The molecule has 0 spiro atoms. The molecule has 0 radical (unpaired) electrons. The van der Waals surface area contributed by atoms with E-state index in [4.69, 9.17) is 5.11 Å². The van der Waals surface area contributed by atoms with Gasteiger partial charge in [0.15, 0.2) is 0 Å². The van der Waals surface area contributed by atoms with Crippen molar-refractivity contribution < 1.29 is 14.7 Å². The molecule has 2 rings (SSSR count). The van der Waals surface area contributed by atoms with Crippen LogP contribution >= 0.6 is 11.3 Å². The molecule has 1 amide bonds. The Morgan fingerprint density at radius 3 is 2.88 bits per heavy atom. The fraction of sp³-hybridized carbons (Fsp3) is 0.273. The highest BCUT2D eigenvalue weighted by atomic mass is 32.1. The summed E-state index contributed by atoms with van der Waals surface area (Å²) >= 11 is 1.54. The molecule has 5 heteroatoms. The van der Waals surface area contributed by atoms with E-state index in [-0.39, 0.29) is 5.91 Å². The molecule has 0 aliphatic carbocycles. The zero-order chi connectivity index (χ0) is 11.5. The Morgan fingerprint density at radius 1 is 1.56 bits per heavy atom. The first kappa shape index (κ1) is 10.9. The minimum atomic E-state index is -0.927. The maximum atomic E-state index is 11.6. The van der Waals surface area contributed by atoms with Gasteiger partial charge in [0.25, 0.3) is 0 Å². The standard InChI is InChI=1S/C11H11NO3S/c13-10(4-3-8-2-1-7-16-8)12-6-5-9(12)11(14)15/h1-4,7,9H,5-6H2,(H,14,15)/b4-3+/t9-/m1/s1. The number of carboxylic acid groups (broad SMARTS) is 1. The SMILES string of the molecule is O=C(O)[C@H]1CCN1C(=O)/C=C/c1cccs1.